The number of hydrogen-bond acceptors (Lipinski definition) is 7. The van der Waals surface area contributed by atoms with Gasteiger partial charge in [0.25, 0.3) is 0 Å². The number of carbonyl (C=O) groups is 1. The number of hydrogen-bond donors (Lipinski definition) is 4. The average molecular weight is 338 g/mol. The number of nitrogens with one attached hydrogen (secondary N) is 2. The molecule has 0 saturated heterocycles. The van der Waals surface area contributed by atoms with Crippen molar-refractivity contribution in [3.63, 3.8) is 0 Å². The molecular formula is C13H18N6O3S. The molecule has 0 spiro atoms. The van der Waals surface area contributed by atoms with Gasteiger partial charge in [-0.3, -0.25) is 4.99 Å². The van der Waals surface area contributed by atoms with Gasteiger partial charge in [-0.25, -0.2) is 9.78 Å². The molecule has 0 bridgehead atoms. The zero-order valence-electron chi connectivity index (χ0n) is 12.5. The first-order valence-electron chi connectivity index (χ1n) is 6.69. The van der Waals surface area contributed by atoms with E-state index in [1.165, 1.54) is 24.8 Å². The highest BCUT2D eigenvalue weighted by atomic mass is 32.1. The second-order valence-electron chi connectivity index (χ2n) is 4.43. The number of furan rings is 1. The normalized spacial score (nSPS) is 12.4. The van der Waals surface area contributed by atoms with Crippen LogP contribution in [0, 0.1) is 0 Å². The minimum Gasteiger partial charge on any atom is -0.458 e. The summed E-state index contributed by atoms with van der Waals surface area (Å²) in [5.74, 6) is 1.20. The van der Waals surface area contributed by atoms with Crippen molar-refractivity contribution in [1.29, 1.82) is 0 Å². The van der Waals surface area contributed by atoms with Crippen molar-refractivity contribution in [2.75, 3.05) is 19.0 Å². The second-order valence-corrected chi connectivity index (χ2v) is 5.29. The third-order valence-electron chi connectivity index (χ3n) is 2.72. The predicted octanol–water partition coefficient (Wildman–Crippen LogP) is 0.943. The summed E-state index contributed by atoms with van der Waals surface area (Å²) in [5.41, 5.74) is 11.2. The summed E-state index contributed by atoms with van der Waals surface area (Å²) >= 11 is 1.41. The van der Waals surface area contributed by atoms with Crippen molar-refractivity contribution in [3.05, 3.63) is 23.3 Å². The molecular weight excluding hydrogens is 320 g/mol. The van der Waals surface area contributed by atoms with E-state index >= 15 is 0 Å². The number of nitrogens with zero attached hydrogens (tertiary/aromatic N) is 2. The smallest absolute Gasteiger partial charge is 0.312 e. The van der Waals surface area contributed by atoms with E-state index in [0.29, 0.717) is 28.9 Å². The number of aliphatic imine (C=N–C) groups is 1. The number of carbonyl (C=O) groups excluding carboxylic acids is 1. The summed E-state index contributed by atoms with van der Waals surface area (Å²) in [6, 6.07) is 2.93. The molecule has 2 amide bonds. The van der Waals surface area contributed by atoms with Crippen molar-refractivity contribution in [2.24, 2.45) is 16.5 Å². The Morgan fingerprint density at radius 2 is 2.43 bits per heavy atom. The van der Waals surface area contributed by atoms with E-state index in [9.17, 15) is 4.79 Å². The minimum absolute atomic E-state index is 0.233. The summed E-state index contributed by atoms with van der Waals surface area (Å²) < 4.78 is 10.5. The average Bonchev–Trinajstić information content (AvgIpc) is 3.18. The molecule has 0 aliphatic heterocycles. The van der Waals surface area contributed by atoms with Crippen LogP contribution < -0.4 is 22.1 Å². The third kappa shape index (κ3) is 5.36. The predicted molar refractivity (Wildman–Crippen MR) is 88.2 cm³/mol. The number of amides is 2. The fraction of sp³-hybridized carbons (Fsp3) is 0.308. The van der Waals surface area contributed by atoms with Gasteiger partial charge < -0.3 is 31.3 Å². The summed E-state index contributed by atoms with van der Waals surface area (Å²) in [7, 11) is 1.53. The van der Waals surface area contributed by atoms with Gasteiger partial charge in [0.2, 0.25) is 0 Å². The first kappa shape index (κ1) is 16.9. The molecule has 1 unspecified atom stereocenters. The van der Waals surface area contributed by atoms with Crippen molar-refractivity contribution >= 4 is 28.8 Å². The van der Waals surface area contributed by atoms with Crippen LogP contribution in [0.15, 0.2) is 26.9 Å². The van der Waals surface area contributed by atoms with Crippen molar-refractivity contribution in [3.8, 4) is 11.5 Å². The molecule has 0 fully saturated rings. The Hall–Kier alpha value is -2.43. The van der Waals surface area contributed by atoms with Gasteiger partial charge in [0.15, 0.2) is 10.9 Å². The SMILES string of the molecule is COC(N)CN=CNc1nc(-c2ccc(CNC(N)=O)o2)cs1. The standard InChI is InChI=1S/C13H18N6O3S/c1-21-11(14)5-16-7-18-13-19-9(6-23-13)10-3-2-8(22-10)4-17-12(15)20/h2-3,6-7,11H,4-5,14H2,1H3,(H3,15,17,20)(H,16,18,19). The molecule has 9 nitrogen and oxygen atoms in total. The summed E-state index contributed by atoms with van der Waals surface area (Å²) in [5, 5.41) is 7.93. The van der Waals surface area contributed by atoms with Gasteiger partial charge in [-0.15, -0.1) is 11.3 Å². The molecule has 1 atom stereocenters. The van der Waals surface area contributed by atoms with Gasteiger partial charge in [-0.1, -0.05) is 0 Å². The Kier molecular flexibility index (Phi) is 6.09. The highest BCUT2D eigenvalue weighted by Gasteiger charge is 2.09. The summed E-state index contributed by atoms with van der Waals surface area (Å²) in [6.45, 7) is 0.590. The van der Waals surface area contributed by atoms with E-state index < -0.39 is 12.3 Å². The van der Waals surface area contributed by atoms with Gasteiger partial charge in [-0.2, -0.15) is 0 Å². The van der Waals surface area contributed by atoms with Crippen molar-refractivity contribution in [1.82, 2.24) is 10.3 Å². The van der Waals surface area contributed by atoms with E-state index in [0.717, 1.165) is 0 Å². The van der Waals surface area contributed by atoms with Crippen LogP contribution in [0.1, 0.15) is 5.76 Å². The monoisotopic (exact) mass is 338 g/mol. The fourth-order valence-electron chi connectivity index (χ4n) is 1.57. The molecule has 0 aliphatic rings. The first-order valence-corrected chi connectivity index (χ1v) is 7.57. The number of aromatic nitrogens is 1. The molecule has 2 aromatic heterocycles. The Balaban J connectivity index is 1.90. The van der Waals surface area contributed by atoms with Crippen molar-refractivity contribution in [2.45, 2.75) is 12.8 Å². The van der Waals surface area contributed by atoms with Crippen LogP contribution in [-0.4, -0.2) is 37.2 Å². The molecule has 10 heteroatoms. The molecule has 23 heavy (non-hydrogen) atoms. The van der Waals surface area contributed by atoms with Crippen LogP contribution in [0.4, 0.5) is 9.93 Å². The molecule has 0 saturated carbocycles. The van der Waals surface area contributed by atoms with Gasteiger partial charge in [0, 0.05) is 12.5 Å². The topological polar surface area (TPSA) is 141 Å². The van der Waals surface area contributed by atoms with Crippen LogP contribution in [0.3, 0.4) is 0 Å². The fourth-order valence-corrected chi connectivity index (χ4v) is 2.23. The van der Waals surface area contributed by atoms with E-state index in [1.54, 1.807) is 12.1 Å². The Labute approximate surface area is 136 Å². The lowest BCUT2D eigenvalue weighted by molar-refractivity contribution is 0.116. The highest BCUT2D eigenvalue weighted by molar-refractivity contribution is 7.14. The molecule has 6 N–H and O–H groups in total. The van der Waals surface area contributed by atoms with Crippen LogP contribution in [0.25, 0.3) is 11.5 Å². The Bertz CT molecular complexity index is 668. The lowest BCUT2D eigenvalue weighted by atomic mass is 10.3. The molecule has 2 rings (SSSR count). The molecule has 0 aromatic carbocycles. The van der Waals surface area contributed by atoms with Crippen LogP contribution >= 0.6 is 11.3 Å². The second kappa shape index (κ2) is 8.27. The quantitative estimate of drug-likeness (QED) is 0.321. The lowest BCUT2D eigenvalue weighted by Crippen LogP contribution is -2.28. The minimum atomic E-state index is -0.601. The molecule has 2 aromatic rings. The molecule has 2 heterocycles. The van der Waals surface area contributed by atoms with Crippen LogP contribution in [0.5, 0.6) is 0 Å². The van der Waals surface area contributed by atoms with Crippen LogP contribution in [0.2, 0.25) is 0 Å². The number of primary amides is 1. The number of anilines is 1. The van der Waals surface area contributed by atoms with E-state index in [2.05, 4.69) is 20.6 Å². The molecule has 124 valence electrons. The van der Waals surface area contributed by atoms with E-state index in [-0.39, 0.29) is 6.54 Å². The number of urea groups is 1. The number of rotatable bonds is 8. The maximum atomic E-state index is 10.7. The zero-order chi connectivity index (χ0) is 16.7. The first-order chi connectivity index (χ1) is 11.1. The number of nitrogens with two attached hydrogens (primary N) is 2. The Morgan fingerprint density at radius 1 is 1.61 bits per heavy atom. The van der Waals surface area contributed by atoms with Gasteiger partial charge in [0.05, 0.1) is 19.4 Å². The molecule has 0 radical (unpaired) electrons. The van der Waals surface area contributed by atoms with Gasteiger partial charge >= 0.3 is 6.03 Å². The maximum Gasteiger partial charge on any atom is 0.312 e. The molecule has 0 aliphatic carbocycles. The van der Waals surface area contributed by atoms with E-state index in [1.807, 2.05) is 5.38 Å². The van der Waals surface area contributed by atoms with Crippen molar-refractivity contribution < 1.29 is 13.9 Å². The third-order valence-corrected chi connectivity index (χ3v) is 3.50. The van der Waals surface area contributed by atoms with Crippen LogP contribution in [-0.2, 0) is 11.3 Å². The van der Waals surface area contributed by atoms with Gasteiger partial charge in [0.1, 0.15) is 17.7 Å². The van der Waals surface area contributed by atoms with Gasteiger partial charge in [-0.05, 0) is 12.1 Å². The summed E-state index contributed by atoms with van der Waals surface area (Å²) in [6.07, 6.45) is 1.10. The summed E-state index contributed by atoms with van der Waals surface area (Å²) in [4.78, 5) is 19.1. The zero-order valence-corrected chi connectivity index (χ0v) is 13.3. The largest absolute Gasteiger partial charge is 0.458 e. The number of thiazole rings is 1. The Morgan fingerprint density at radius 3 is 3.17 bits per heavy atom. The number of ether oxygens (including phenoxy) is 1. The number of methoxy groups -OCH3 is 1. The maximum absolute atomic E-state index is 10.7. The lowest BCUT2D eigenvalue weighted by Gasteiger charge is -2.03. The van der Waals surface area contributed by atoms with E-state index in [4.69, 9.17) is 20.6 Å². The highest BCUT2D eigenvalue weighted by Crippen LogP contribution is 2.26.